The first-order valence-electron chi connectivity index (χ1n) is 6.15. The molecule has 1 aliphatic heterocycles. The molecule has 5 nitrogen and oxygen atoms in total. The quantitative estimate of drug-likeness (QED) is 0.864. The fraction of sp³-hybridized carbons (Fsp3) is 0.462. The van der Waals surface area contributed by atoms with E-state index in [9.17, 15) is 4.79 Å². The van der Waals surface area contributed by atoms with Gasteiger partial charge in [-0.2, -0.15) is 0 Å². The molecule has 0 aliphatic carbocycles. The zero-order valence-corrected chi connectivity index (χ0v) is 10.5. The molecule has 0 aromatic heterocycles. The first-order valence-corrected chi connectivity index (χ1v) is 6.15. The number of carbonyl (C=O) groups is 1. The van der Waals surface area contributed by atoms with Crippen molar-refractivity contribution in [2.24, 2.45) is 5.73 Å². The second-order valence-corrected chi connectivity index (χ2v) is 4.12. The Hall–Kier alpha value is -1.75. The highest BCUT2D eigenvalue weighted by Gasteiger charge is 2.31. The van der Waals surface area contributed by atoms with Crippen LogP contribution in [0.1, 0.15) is 13.3 Å². The van der Waals surface area contributed by atoms with E-state index in [1.165, 1.54) is 0 Å². The zero-order valence-electron chi connectivity index (χ0n) is 10.5. The molecule has 2 rings (SSSR count). The number of hydrogen-bond acceptors (Lipinski definition) is 4. The molecule has 0 bridgehead atoms. The monoisotopic (exact) mass is 250 g/mol. The maximum absolute atomic E-state index is 11.7. The van der Waals surface area contributed by atoms with Gasteiger partial charge in [0.05, 0.1) is 13.2 Å². The topological polar surface area (TPSA) is 64.8 Å². The molecule has 1 heterocycles. The summed E-state index contributed by atoms with van der Waals surface area (Å²) >= 11 is 0. The van der Waals surface area contributed by atoms with Gasteiger partial charge in [0, 0.05) is 5.69 Å². The van der Waals surface area contributed by atoms with Crippen LogP contribution in [-0.4, -0.2) is 31.9 Å². The van der Waals surface area contributed by atoms with Gasteiger partial charge in [0.15, 0.2) is 0 Å². The molecule has 18 heavy (non-hydrogen) atoms. The number of benzene rings is 1. The van der Waals surface area contributed by atoms with Crippen molar-refractivity contribution < 1.29 is 14.3 Å². The Morgan fingerprint density at radius 2 is 2.17 bits per heavy atom. The Morgan fingerprint density at radius 1 is 1.44 bits per heavy atom. The smallest absolute Gasteiger partial charge is 0.414 e. The molecule has 0 spiro atoms. The lowest BCUT2D eigenvalue weighted by molar-refractivity contribution is 0.138. The molecular formula is C13H18N2O3. The number of amides is 1. The van der Waals surface area contributed by atoms with Crippen molar-refractivity contribution in [1.29, 1.82) is 0 Å². The first-order chi connectivity index (χ1) is 8.74. The van der Waals surface area contributed by atoms with Crippen molar-refractivity contribution >= 4 is 11.8 Å². The number of carbonyl (C=O) groups excluding carboxylic acids is 1. The molecule has 1 saturated heterocycles. The Labute approximate surface area is 106 Å². The Bertz CT molecular complexity index is 405. The third-order valence-electron chi connectivity index (χ3n) is 2.82. The lowest BCUT2D eigenvalue weighted by atomic mass is 10.2. The van der Waals surface area contributed by atoms with Crippen LogP contribution in [0, 0.1) is 0 Å². The molecule has 98 valence electrons. The number of hydrogen-bond donors (Lipinski definition) is 1. The summed E-state index contributed by atoms with van der Waals surface area (Å²) in [5, 5.41) is 0. The molecule has 1 aliphatic rings. The molecule has 0 radical (unpaired) electrons. The molecule has 1 atom stereocenters. The van der Waals surface area contributed by atoms with Gasteiger partial charge in [-0.15, -0.1) is 0 Å². The highest BCUT2D eigenvalue weighted by molar-refractivity contribution is 5.89. The van der Waals surface area contributed by atoms with Gasteiger partial charge in [-0.25, -0.2) is 4.79 Å². The normalized spacial score (nSPS) is 18.9. The predicted octanol–water partition coefficient (Wildman–Crippen LogP) is 1.76. The molecule has 5 heteroatoms. The standard InChI is InChI=1S/C13H18N2O3/c1-2-17-11-5-3-10(4-6-11)15-9-12(7-8-14)18-13(15)16/h3-6,12H,2,7-9,14H2,1H3/t12-/m1/s1. The summed E-state index contributed by atoms with van der Waals surface area (Å²) in [6.07, 6.45) is 0.283. The number of ether oxygens (including phenoxy) is 2. The van der Waals surface area contributed by atoms with Crippen LogP contribution in [0.25, 0.3) is 0 Å². The predicted molar refractivity (Wildman–Crippen MR) is 68.9 cm³/mol. The van der Waals surface area contributed by atoms with Gasteiger partial charge in [-0.3, -0.25) is 4.90 Å². The summed E-state index contributed by atoms with van der Waals surface area (Å²) in [7, 11) is 0. The van der Waals surface area contributed by atoms with Crippen LogP contribution in [0.4, 0.5) is 10.5 Å². The largest absolute Gasteiger partial charge is 0.494 e. The van der Waals surface area contributed by atoms with Crippen LogP contribution >= 0.6 is 0 Å². The third kappa shape index (κ3) is 2.73. The highest BCUT2D eigenvalue weighted by atomic mass is 16.6. The van der Waals surface area contributed by atoms with Crippen LogP contribution in [0.3, 0.4) is 0 Å². The van der Waals surface area contributed by atoms with E-state index < -0.39 is 0 Å². The first kappa shape index (κ1) is 12.7. The van der Waals surface area contributed by atoms with E-state index >= 15 is 0 Å². The lowest BCUT2D eigenvalue weighted by Crippen LogP contribution is -2.25. The summed E-state index contributed by atoms with van der Waals surface area (Å²) in [6, 6.07) is 7.42. The average Bonchev–Trinajstić information content (AvgIpc) is 2.72. The van der Waals surface area contributed by atoms with Crippen molar-refractivity contribution in [3.05, 3.63) is 24.3 Å². The summed E-state index contributed by atoms with van der Waals surface area (Å²) in [5.74, 6) is 0.798. The average molecular weight is 250 g/mol. The van der Waals surface area contributed by atoms with E-state index in [1.54, 1.807) is 4.90 Å². The van der Waals surface area contributed by atoms with E-state index in [-0.39, 0.29) is 12.2 Å². The van der Waals surface area contributed by atoms with Crippen molar-refractivity contribution in [1.82, 2.24) is 0 Å². The number of anilines is 1. The highest BCUT2D eigenvalue weighted by Crippen LogP contribution is 2.24. The lowest BCUT2D eigenvalue weighted by Gasteiger charge is -2.13. The van der Waals surface area contributed by atoms with E-state index in [0.717, 1.165) is 11.4 Å². The number of rotatable bonds is 5. The molecule has 0 saturated carbocycles. The number of cyclic esters (lactones) is 1. The van der Waals surface area contributed by atoms with Gasteiger partial charge in [-0.1, -0.05) is 0 Å². The van der Waals surface area contributed by atoms with Crippen molar-refractivity contribution in [3.8, 4) is 5.75 Å². The fourth-order valence-electron chi connectivity index (χ4n) is 1.96. The molecule has 0 unspecified atom stereocenters. The molecular weight excluding hydrogens is 232 g/mol. The molecule has 2 N–H and O–H groups in total. The van der Waals surface area contributed by atoms with E-state index in [4.69, 9.17) is 15.2 Å². The minimum Gasteiger partial charge on any atom is -0.494 e. The van der Waals surface area contributed by atoms with E-state index in [1.807, 2.05) is 31.2 Å². The molecule has 1 aromatic carbocycles. The minimum absolute atomic E-state index is 0.103. The van der Waals surface area contributed by atoms with Gasteiger partial charge < -0.3 is 15.2 Å². The van der Waals surface area contributed by atoms with E-state index in [2.05, 4.69) is 0 Å². The Balaban J connectivity index is 2.05. The minimum atomic E-state index is -0.308. The fourth-order valence-corrected chi connectivity index (χ4v) is 1.96. The maximum atomic E-state index is 11.7. The van der Waals surface area contributed by atoms with Crippen molar-refractivity contribution in [2.75, 3.05) is 24.6 Å². The second-order valence-electron chi connectivity index (χ2n) is 4.12. The summed E-state index contributed by atoms with van der Waals surface area (Å²) in [6.45, 7) is 3.64. The van der Waals surface area contributed by atoms with Crippen molar-refractivity contribution in [2.45, 2.75) is 19.4 Å². The van der Waals surface area contributed by atoms with Gasteiger partial charge >= 0.3 is 6.09 Å². The van der Waals surface area contributed by atoms with Gasteiger partial charge in [0.2, 0.25) is 0 Å². The molecule has 1 amide bonds. The summed E-state index contributed by atoms with van der Waals surface area (Å²) in [5.41, 5.74) is 6.29. The van der Waals surface area contributed by atoms with Crippen LogP contribution < -0.4 is 15.4 Å². The van der Waals surface area contributed by atoms with E-state index in [0.29, 0.717) is 26.1 Å². The Kier molecular flexibility index (Phi) is 4.04. The SMILES string of the molecule is CCOc1ccc(N2C[C@@H](CCN)OC2=O)cc1. The van der Waals surface area contributed by atoms with Crippen LogP contribution in [-0.2, 0) is 4.74 Å². The second kappa shape index (κ2) is 5.73. The van der Waals surface area contributed by atoms with Gasteiger partial charge in [0.1, 0.15) is 11.9 Å². The maximum Gasteiger partial charge on any atom is 0.414 e. The van der Waals surface area contributed by atoms with Crippen molar-refractivity contribution in [3.63, 3.8) is 0 Å². The van der Waals surface area contributed by atoms with Crippen LogP contribution in [0.15, 0.2) is 24.3 Å². The summed E-state index contributed by atoms with van der Waals surface area (Å²) in [4.78, 5) is 13.3. The van der Waals surface area contributed by atoms with Crippen LogP contribution in [0.5, 0.6) is 5.75 Å². The number of nitrogens with zero attached hydrogens (tertiary/aromatic N) is 1. The molecule has 1 fully saturated rings. The Morgan fingerprint density at radius 3 is 2.78 bits per heavy atom. The molecule has 1 aromatic rings. The number of nitrogens with two attached hydrogens (primary N) is 1. The zero-order chi connectivity index (χ0) is 13.0. The van der Waals surface area contributed by atoms with Gasteiger partial charge in [0.25, 0.3) is 0 Å². The summed E-state index contributed by atoms with van der Waals surface area (Å²) < 4.78 is 10.6. The third-order valence-corrected chi connectivity index (χ3v) is 2.82. The van der Waals surface area contributed by atoms with Crippen LogP contribution in [0.2, 0.25) is 0 Å². The van der Waals surface area contributed by atoms with Gasteiger partial charge in [-0.05, 0) is 44.2 Å².